The molecule has 41 heavy (non-hydrogen) atoms. The molecular weight excluding hydrogens is 666 g/mol. The smallest absolute Gasteiger partial charge is 0.173 e. The first-order chi connectivity index (χ1) is 19.3. The number of alkyl halides is 1. The summed E-state index contributed by atoms with van der Waals surface area (Å²) in [6.07, 6.45) is 2.73. The van der Waals surface area contributed by atoms with Crippen LogP contribution in [0, 0.1) is 13.8 Å². The first kappa shape index (κ1) is 34.2. The van der Waals surface area contributed by atoms with Gasteiger partial charge in [-0.25, -0.2) is 9.98 Å². The van der Waals surface area contributed by atoms with E-state index in [9.17, 15) is 4.79 Å². The van der Waals surface area contributed by atoms with E-state index in [1.807, 2.05) is 37.7 Å². The lowest BCUT2D eigenvalue weighted by Gasteiger charge is -2.11. The van der Waals surface area contributed by atoms with Crippen molar-refractivity contribution < 1.29 is 14.3 Å². The molecule has 1 aromatic heterocycles. The predicted octanol–water partition coefficient (Wildman–Crippen LogP) is 8.49. The van der Waals surface area contributed by atoms with Crippen LogP contribution in [0.3, 0.4) is 0 Å². The quantitative estimate of drug-likeness (QED) is 0.0718. The molecule has 0 radical (unpaired) electrons. The van der Waals surface area contributed by atoms with Gasteiger partial charge in [-0.15, -0.1) is 28.3 Å². The maximum atomic E-state index is 11.1. The van der Waals surface area contributed by atoms with Gasteiger partial charge in [0, 0.05) is 36.5 Å². The standard InChI is InChI=1S/C23H27N3OS.C9H9BrO2.BrH/c1-6-26(4)15-24-21-12-16(2)19(11-17(21)3)13-23-25-22(14-28-23)18-7-9-20(27-5)10-8-18;1-12-8-4-2-7(3-5-8)9(11)6-10;/h7-12,14-15H,6,13H2,1-5H3;2-5H,6H2,1H3;1H. The van der Waals surface area contributed by atoms with Crippen molar-refractivity contribution in [2.24, 2.45) is 4.99 Å². The van der Waals surface area contributed by atoms with Gasteiger partial charge in [-0.3, -0.25) is 4.79 Å². The fourth-order valence-corrected chi connectivity index (χ4v) is 4.89. The van der Waals surface area contributed by atoms with Crippen molar-refractivity contribution in [1.82, 2.24) is 9.88 Å². The van der Waals surface area contributed by atoms with E-state index in [2.05, 4.69) is 64.1 Å². The van der Waals surface area contributed by atoms with Gasteiger partial charge in [-0.1, -0.05) is 22.0 Å². The Morgan fingerprint density at radius 2 is 1.61 bits per heavy atom. The number of aliphatic imine (C=N–C) groups is 1. The minimum absolute atomic E-state index is 0. The molecular formula is C32H37Br2N3O3S. The van der Waals surface area contributed by atoms with Gasteiger partial charge in [0.25, 0.3) is 0 Å². The van der Waals surface area contributed by atoms with Crippen molar-refractivity contribution in [2.75, 3.05) is 33.1 Å². The number of halogens is 2. The molecule has 0 saturated carbocycles. The number of hydrogen-bond donors (Lipinski definition) is 0. The van der Waals surface area contributed by atoms with Crippen LogP contribution in [0.15, 0.2) is 71.0 Å². The van der Waals surface area contributed by atoms with Crippen LogP contribution in [0.1, 0.15) is 39.0 Å². The maximum Gasteiger partial charge on any atom is 0.173 e. The summed E-state index contributed by atoms with van der Waals surface area (Å²) in [7, 11) is 5.31. The molecule has 0 saturated heterocycles. The number of ether oxygens (including phenoxy) is 2. The van der Waals surface area contributed by atoms with Crippen molar-refractivity contribution in [2.45, 2.75) is 27.2 Å². The van der Waals surface area contributed by atoms with Gasteiger partial charge < -0.3 is 14.4 Å². The van der Waals surface area contributed by atoms with E-state index in [-0.39, 0.29) is 22.8 Å². The number of carbonyl (C=O) groups is 1. The number of carbonyl (C=O) groups excluding carboxylic acids is 1. The van der Waals surface area contributed by atoms with Crippen LogP contribution < -0.4 is 9.47 Å². The number of aromatic nitrogens is 1. The molecule has 3 aromatic carbocycles. The van der Waals surface area contributed by atoms with Crippen LogP contribution in [0.4, 0.5) is 5.69 Å². The maximum absolute atomic E-state index is 11.1. The van der Waals surface area contributed by atoms with E-state index in [0.29, 0.717) is 10.9 Å². The van der Waals surface area contributed by atoms with Crippen LogP contribution in [-0.4, -0.2) is 55.1 Å². The van der Waals surface area contributed by atoms with Crippen molar-refractivity contribution in [1.29, 1.82) is 0 Å². The SMILES string of the molecule is Br.CCN(C)C=Nc1cc(C)c(Cc2nc(-c3ccc(OC)cc3)cs2)cc1C.COc1ccc(C(=O)CBr)cc1. The Morgan fingerprint density at radius 1 is 1.00 bits per heavy atom. The molecule has 218 valence electrons. The lowest BCUT2D eigenvalue weighted by molar-refractivity contribution is 0.102. The topological polar surface area (TPSA) is 64.0 Å². The Hall–Kier alpha value is -3.01. The third-order valence-electron chi connectivity index (χ3n) is 6.36. The van der Waals surface area contributed by atoms with Crippen molar-refractivity contribution in [3.05, 3.63) is 93.3 Å². The minimum Gasteiger partial charge on any atom is -0.497 e. The van der Waals surface area contributed by atoms with Crippen LogP contribution in [0.25, 0.3) is 11.3 Å². The Kier molecular flexibility index (Phi) is 14.2. The monoisotopic (exact) mass is 701 g/mol. The summed E-state index contributed by atoms with van der Waals surface area (Å²) < 4.78 is 10.2. The van der Waals surface area contributed by atoms with E-state index in [1.165, 1.54) is 16.7 Å². The van der Waals surface area contributed by atoms with Gasteiger partial charge >= 0.3 is 0 Å². The molecule has 0 amide bonds. The van der Waals surface area contributed by atoms with Crippen LogP contribution in [0.5, 0.6) is 11.5 Å². The number of ketones is 1. The predicted molar refractivity (Wildman–Crippen MR) is 181 cm³/mol. The molecule has 0 N–H and O–H groups in total. The number of thiazole rings is 1. The van der Waals surface area contributed by atoms with Gasteiger partial charge in [0.2, 0.25) is 0 Å². The average Bonchev–Trinajstić information content (AvgIpc) is 3.46. The van der Waals surface area contributed by atoms with E-state index >= 15 is 0 Å². The molecule has 0 atom stereocenters. The summed E-state index contributed by atoms with van der Waals surface area (Å²) in [6, 6.07) is 19.5. The van der Waals surface area contributed by atoms with Gasteiger partial charge in [-0.05, 0) is 92.1 Å². The van der Waals surface area contributed by atoms with Crippen LogP contribution >= 0.6 is 44.2 Å². The molecule has 0 spiro atoms. The minimum atomic E-state index is 0. The van der Waals surface area contributed by atoms with E-state index in [1.54, 1.807) is 49.8 Å². The molecule has 1 heterocycles. The third-order valence-corrected chi connectivity index (χ3v) is 7.72. The molecule has 4 aromatic rings. The van der Waals surface area contributed by atoms with E-state index in [0.717, 1.165) is 46.4 Å². The summed E-state index contributed by atoms with van der Waals surface area (Å²) >= 11 is 4.81. The highest BCUT2D eigenvalue weighted by Crippen LogP contribution is 2.28. The lowest BCUT2D eigenvalue weighted by Crippen LogP contribution is -2.14. The third kappa shape index (κ3) is 10.1. The Balaban J connectivity index is 0.000000381. The molecule has 0 aliphatic heterocycles. The van der Waals surface area contributed by atoms with Gasteiger partial charge in [0.15, 0.2) is 5.78 Å². The van der Waals surface area contributed by atoms with E-state index in [4.69, 9.17) is 14.5 Å². The molecule has 0 fully saturated rings. The van der Waals surface area contributed by atoms with Gasteiger partial charge in [-0.2, -0.15) is 0 Å². The summed E-state index contributed by atoms with van der Waals surface area (Å²) in [6.45, 7) is 7.32. The summed E-state index contributed by atoms with van der Waals surface area (Å²) in [5.41, 5.74) is 7.59. The molecule has 0 aliphatic carbocycles. The zero-order valence-electron chi connectivity index (χ0n) is 24.3. The number of nitrogens with zero attached hydrogens (tertiary/aromatic N) is 3. The highest BCUT2D eigenvalue weighted by molar-refractivity contribution is 9.09. The van der Waals surface area contributed by atoms with Gasteiger partial charge in [0.05, 0.1) is 42.3 Å². The lowest BCUT2D eigenvalue weighted by atomic mass is 10.0. The zero-order chi connectivity index (χ0) is 29.1. The van der Waals surface area contributed by atoms with E-state index < -0.39 is 0 Å². The molecule has 9 heteroatoms. The molecule has 4 rings (SSSR count). The van der Waals surface area contributed by atoms with Crippen LogP contribution in [-0.2, 0) is 6.42 Å². The first-order valence-corrected chi connectivity index (χ1v) is 14.9. The van der Waals surface area contributed by atoms with Crippen LogP contribution in [0.2, 0.25) is 0 Å². The molecule has 6 nitrogen and oxygen atoms in total. The van der Waals surface area contributed by atoms with Gasteiger partial charge in [0.1, 0.15) is 11.5 Å². The number of hydrogen-bond acceptors (Lipinski definition) is 6. The van der Waals surface area contributed by atoms with Crippen molar-refractivity contribution >= 4 is 62.1 Å². The summed E-state index contributed by atoms with van der Waals surface area (Å²) in [5, 5.41) is 3.60. The molecule has 0 unspecified atom stereocenters. The highest BCUT2D eigenvalue weighted by atomic mass is 79.9. The average molecular weight is 704 g/mol. The largest absolute Gasteiger partial charge is 0.497 e. The summed E-state index contributed by atoms with van der Waals surface area (Å²) in [4.78, 5) is 22.7. The Labute approximate surface area is 266 Å². The Morgan fingerprint density at radius 3 is 2.17 bits per heavy atom. The van der Waals surface area contributed by atoms with Crippen molar-refractivity contribution in [3.8, 4) is 22.8 Å². The Bertz CT molecular complexity index is 1420. The fourth-order valence-electron chi connectivity index (χ4n) is 3.74. The molecule has 0 bridgehead atoms. The van der Waals surface area contributed by atoms with Crippen molar-refractivity contribution in [3.63, 3.8) is 0 Å². The fraction of sp³-hybridized carbons (Fsp3) is 0.281. The number of methoxy groups -OCH3 is 2. The first-order valence-electron chi connectivity index (χ1n) is 12.9. The second-order valence-electron chi connectivity index (χ2n) is 9.20. The second kappa shape index (κ2) is 17.1. The number of Topliss-reactive ketones (excluding diaryl/α,β-unsaturated/α-hetero) is 1. The number of aryl methyl sites for hydroxylation is 2. The second-order valence-corrected chi connectivity index (χ2v) is 10.7. The normalized spacial score (nSPS) is 10.4. The number of benzene rings is 3. The zero-order valence-corrected chi connectivity index (χ0v) is 28.4. The number of rotatable bonds is 10. The highest BCUT2D eigenvalue weighted by Gasteiger charge is 2.10. The molecule has 0 aliphatic rings. The summed E-state index contributed by atoms with van der Waals surface area (Å²) in [5.74, 6) is 1.71.